The third-order valence-electron chi connectivity index (χ3n) is 5.81. The molecule has 1 aliphatic carbocycles. The minimum Gasteiger partial charge on any atom is -0.373 e. The van der Waals surface area contributed by atoms with Crippen molar-refractivity contribution < 1.29 is 22.7 Å². The van der Waals surface area contributed by atoms with Gasteiger partial charge in [0.05, 0.1) is 12.7 Å². The average molecular weight is 375 g/mol. The second-order valence-corrected chi connectivity index (χ2v) is 7.37. The van der Waals surface area contributed by atoms with Crippen LogP contribution in [0.3, 0.4) is 0 Å². The molecular formula is C21H20F3NO2. The molecule has 4 rings (SSSR count). The number of ether oxygens (including phenoxy) is 1. The molecule has 6 heteroatoms. The average Bonchev–Trinajstić information content (AvgIpc) is 3.11. The maximum Gasteiger partial charge on any atom is 0.251 e. The normalized spacial score (nSPS) is 23.7. The molecule has 2 atom stereocenters. The Balaban J connectivity index is 1.50. The van der Waals surface area contributed by atoms with Crippen molar-refractivity contribution in [1.82, 2.24) is 5.32 Å². The topological polar surface area (TPSA) is 38.3 Å². The second-order valence-electron chi connectivity index (χ2n) is 7.37. The van der Waals surface area contributed by atoms with E-state index in [2.05, 4.69) is 5.32 Å². The monoisotopic (exact) mass is 375 g/mol. The second kappa shape index (κ2) is 7.00. The van der Waals surface area contributed by atoms with Gasteiger partial charge in [-0.2, -0.15) is 0 Å². The van der Waals surface area contributed by atoms with E-state index in [0.29, 0.717) is 24.7 Å². The van der Waals surface area contributed by atoms with Gasteiger partial charge < -0.3 is 10.1 Å². The summed E-state index contributed by atoms with van der Waals surface area (Å²) >= 11 is 0. The van der Waals surface area contributed by atoms with Crippen LogP contribution in [0.5, 0.6) is 0 Å². The molecule has 1 amide bonds. The van der Waals surface area contributed by atoms with Crippen molar-refractivity contribution in [3.63, 3.8) is 0 Å². The van der Waals surface area contributed by atoms with Gasteiger partial charge in [-0.3, -0.25) is 4.79 Å². The van der Waals surface area contributed by atoms with Gasteiger partial charge in [-0.25, -0.2) is 13.2 Å². The zero-order valence-corrected chi connectivity index (χ0v) is 14.7. The predicted molar refractivity (Wildman–Crippen MR) is 93.6 cm³/mol. The van der Waals surface area contributed by atoms with Gasteiger partial charge >= 0.3 is 0 Å². The highest BCUT2D eigenvalue weighted by molar-refractivity contribution is 5.94. The maximum atomic E-state index is 14.1. The van der Waals surface area contributed by atoms with Gasteiger partial charge in [0.2, 0.25) is 0 Å². The molecule has 1 N–H and O–H groups in total. The van der Waals surface area contributed by atoms with E-state index in [1.807, 2.05) is 18.2 Å². The molecule has 0 aromatic heterocycles. The molecule has 0 spiro atoms. The van der Waals surface area contributed by atoms with E-state index in [1.54, 1.807) is 12.1 Å². The van der Waals surface area contributed by atoms with Gasteiger partial charge in [0.1, 0.15) is 5.82 Å². The summed E-state index contributed by atoms with van der Waals surface area (Å²) in [6.45, 7) is 0.345. The number of amides is 1. The molecule has 0 bridgehead atoms. The van der Waals surface area contributed by atoms with Crippen molar-refractivity contribution in [3.8, 4) is 0 Å². The minimum absolute atomic E-state index is 0.00331. The Bertz CT molecular complexity index is 852. The van der Waals surface area contributed by atoms with Gasteiger partial charge in [-0.15, -0.1) is 0 Å². The quantitative estimate of drug-likeness (QED) is 0.797. The van der Waals surface area contributed by atoms with Gasteiger partial charge in [-0.05, 0) is 43.9 Å². The van der Waals surface area contributed by atoms with Crippen LogP contribution < -0.4 is 5.32 Å². The van der Waals surface area contributed by atoms with Crippen molar-refractivity contribution in [2.75, 3.05) is 6.61 Å². The Labute approximate surface area is 155 Å². The molecule has 142 valence electrons. The van der Waals surface area contributed by atoms with Crippen molar-refractivity contribution in [2.24, 2.45) is 5.92 Å². The summed E-state index contributed by atoms with van der Waals surface area (Å²) in [4.78, 5) is 12.6. The van der Waals surface area contributed by atoms with Crippen LogP contribution in [0.15, 0.2) is 42.5 Å². The van der Waals surface area contributed by atoms with Crippen LogP contribution >= 0.6 is 0 Å². The van der Waals surface area contributed by atoms with E-state index in [0.717, 1.165) is 25.3 Å². The van der Waals surface area contributed by atoms with Crippen LogP contribution in [0.25, 0.3) is 0 Å². The number of benzene rings is 2. The highest BCUT2D eigenvalue weighted by Gasteiger charge is 2.49. The molecule has 2 aromatic rings. The van der Waals surface area contributed by atoms with Crippen molar-refractivity contribution in [2.45, 2.75) is 37.3 Å². The molecule has 2 aliphatic rings. The van der Waals surface area contributed by atoms with Crippen molar-refractivity contribution in [3.05, 3.63) is 71.0 Å². The van der Waals surface area contributed by atoms with Crippen LogP contribution in [0.2, 0.25) is 0 Å². The Kier molecular flexibility index (Phi) is 4.68. The lowest BCUT2D eigenvalue weighted by Crippen LogP contribution is -2.58. The summed E-state index contributed by atoms with van der Waals surface area (Å²) in [5, 5.41) is 3.15. The van der Waals surface area contributed by atoms with Gasteiger partial charge in [0, 0.05) is 28.7 Å². The molecule has 1 saturated heterocycles. The zero-order chi connectivity index (χ0) is 19.0. The first kappa shape index (κ1) is 18.0. The van der Waals surface area contributed by atoms with Crippen LogP contribution in [0.4, 0.5) is 13.2 Å². The predicted octanol–water partition coefficient (Wildman–Crippen LogP) is 4.53. The zero-order valence-electron chi connectivity index (χ0n) is 14.7. The molecule has 0 unspecified atom stereocenters. The number of hydrogen-bond acceptors (Lipinski definition) is 2. The molecule has 2 aromatic carbocycles. The Morgan fingerprint density at radius 2 is 1.74 bits per heavy atom. The Hall–Kier alpha value is -2.34. The number of carbonyl (C=O) groups is 1. The van der Waals surface area contributed by atoms with Gasteiger partial charge in [0.15, 0.2) is 11.6 Å². The van der Waals surface area contributed by atoms with E-state index < -0.39 is 29.1 Å². The van der Waals surface area contributed by atoms with E-state index in [9.17, 15) is 18.0 Å². The summed E-state index contributed by atoms with van der Waals surface area (Å²) in [6, 6.07) is 10.4. The Morgan fingerprint density at radius 3 is 2.41 bits per heavy atom. The first-order valence-electron chi connectivity index (χ1n) is 9.12. The molecule has 1 heterocycles. The fraction of sp³-hybridized carbons (Fsp3) is 0.381. The number of nitrogens with one attached hydrogen (secondary N) is 1. The number of hydrogen-bond donors (Lipinski definition) is 1. The molecule has 2 fully saturated rings. The number of rotatable bonds is 4. The highest BCUT2D eigenvalue weighted by Crippen LogP contribution is 2.47. The molecular weight excluding hydrogens is 355 g/mol. The summed E-state index contributed by atoms with van der Waals surface area (Å²) in [5.74, 6) is -3.25. The molecule has 0 radical (unpaired) electrons. The fourth-order valence-corrected chi connectivity index (χ4v) is 4.09. The molecule has 1 saturated carbocycles. The van der Waals surface area contributed by atoms with Gasteiger partial charge in [0.25, 0.3) is 5.91 Å². The number of carbonyl (C=O) groups excluding carboxylic acids is 1. The maximum absolute atomic E-state index is 14.1. The smallest absolute Gasteiger partial charge is 0.251 e. The standard InChI is InChI=1S/C21H20F3NO2/c22-16-11-18(24)17(23)10-15(16)19-9-14(12-27-19)21(7-4-8-21)25-20(26)13-5-2-1-3-6-13/h1-3,5-6,10-11,14,19H,4,7-9,12H2,(H,25,26)/t14-,19-/m1/s1. The van der Waals surface area contributed by atoms with Crippen LogP contribution in [-0.4, -0.2) is 18.1 Å². The lowest BCUT2D eigenvalue weighted by atomic mass is 9.67. The van der Waals surface area contributed by atoms with Crippen molar-refractivity contribution in [1.29, 1.82) is 0 Å². The lowest BCUT2D eigenvalue weighted by Gasteiger charge is -2.46. The molecule has 3 nitrogen and oxygen atoms in total. The van der Waals surface area contributed by atoms with E-state index in [4.69, 9.17) is 4.74 Å². The molecule has 27 heavy (non-hydrogen) atoms. The van der Waals surface area contributed by atoms with E-state index >= 15 is 0 Å². The van der Waals surface area contributed by atoms with Crippen LogP contribution in [-0.2, 0) is 4.74 Å². The van der Waals surface area contributed by atoms with Crippen molar-refractivity contribution >= 4 is 5.91 Å². The van der Waals surface area contributed by atoms with Gasteiger partial charge in [-0.1, -0.05) is 18.2 Å². The third-order valence-corrected chi connectivity index (χ3v) is 5.81. The van der Waals surface area contributed by atoms with E-state index in [1.165, 1.54) is 0 Å². The highest BCUT2D eigenvalue weighted by atomic mass is 19.2. The minimum atomic E-state index is -1.21. The van der Waals surface area contributed by atoms with Crippen LogP contribution in [0.1, 0.15) is 47.7 Å². The lowest BCUT2D eigenvalue weighted by molar-refractivity contribution is 0.0578. The summed E-state index contributed by atoms with van der Waals surface area (Å²) < 4.78 is 46.5. The largest absolute Gasteiger partial charge is 0.373 e. The number of halogens is 3. The SMILES string of the molecule is O=C(NC1([C@H]2CO[C@@H](c3cc(F)c(F)cc3F)C2)CCC1)c1ccccc1. The fourth-order valence-electron chi connectivity index (χ4n) is 4.09. The van der Waals surface area contributed by atoms with E-state index in [-0.39, 0.29) is 17.4 Å². The molecule has 1 aliphatic heterocycles. The Morgan fingerprint density at radius 1 is 1.04 bits per heavy atom. The summed E-state index contributed by atoms with van der Waals surface area (Å²) in [6.07, 6.45) is 2.46. The third kappa shape index (κ3) is 3.34. The first-order chi connectivity index (χ1) is 13.0. The summed E-state index contributed by atoms with van der Waals surface area (Å²) in [5.41, 5.74) is 0.225. The summed E-state index contributed by atoms with van der Waals surface area (Å²) in [7, 11) is 0. The van der Waals surface area contributed by atoms with Crippen LogP contribution in [0, 0.1) is 23.4 Å². The first-order valence-corrected chi connectivity index (χ1v) is 9.12.